The van der Waals surface area contributed by atoms with Gasteiger partial charge >= 0.3 is 5.97 Å². The molecule has 2 aromatic carbocycles. The summed E-state index contributed by atoms with van der Waals surface area (Å²) in [6, 6.07) is 16.3. The molecule has 3 aromatic rings. The topological polar surface area (TPSA) is 73.4 Å². The maximum absolute atomic E-state index is 13.2. The van der Waals surface area contributed by atoms with Gasteiger partial charge < -0.3 is 15.0 Å². The molecule has 2 unspecified atom stereocenters. The highest BCUT2D eigenvalue weighted by molar-refractivity contribution is 6.13. The third-order valence-electron chi connectivity index (χ3n) is 4.93. The Morgan fingerprint density at radius 3 is 2.48 bits per heavy atom. The Bertz CT molecular complexity index is 961. The van der Waals surface area contributed by atoms with Crippen molar-refractivity contribution in [2.45, 2.75) is 25.3 Å². The third kappa shape index (κ3) is 2.23. The fourth-order valence-corrected chi connectivity index (χ4v) is 3.87. The molecule has 0 saturated carbocycles. The van der Waals surface area contributed by atoms with Crippen LogP contribution in [0, 0.1) is 0 Å². The summed E-state index contributed by atoms with van der Waals surface area (Å²) in [5.41, 5.74) is 2.49. The summed E-state index contributed by atoms with van der Waals surface area (Å²) in [6.45, 7) is 1.92. The fourth-order valence-electron chi connectivity index (χ4n) is 3.87. The van der Waals surface area contributed by atoms with Crippen LogP contribution in [-0.4, -0.2) is 28.0 Å². The van der Waals surface area contributed by atoms with E-state index in [-0.39, 0.29) is 5.91 Å². The number of nitrogens with zero attached hydrogens (tertiary/aromatic N) is 1. The Balaban J connectivity index is 2.00. The number of hydrogen-bond acceptors (Lipinski definition) is 2. The molecular formula is C20H18N2O3. The summed E-state index contributed by atoms with van der Waals surface area (Å²) in [4.78, 5) is 30.1. The molecule has 0 radical (unpaired) electrons. The lowest BCUT2D eigenvalue weighted by Gasteiger charge is -2.39. The molecule has 5 heteroatoms. The van der Waals surface area contributed by atoms with Crippen LogP contribution in [0.1, 0.15) is 35.3 Å². The quantitative estimate of drug-likeness (QED) is 0.765. The maximum Gasteiger partial charge on any atom is 0.313 e. The van der Waals surface area contributed by atoms with Gasteiger partial charge in [-0.2, -0.15) is 0 Å². The van der Waals surface area contributed by atoms with Gasteiger partial charge in [0.05, 0.1) is 6.04 Å². The van der Waals surface area contributed by atoms with Gasteiger partial charge in [-0.15, -0.1) is 0 Å². The Morgan fingerprint density at radius 2 is 1.80 bits per heavy atom. The number of carboxylic acids is 1. The van der Waals surface area contributed by atoms with Gasteiger partial charge in [0, 0.05) is 22.2 Å². The molecule has 1 aliphatic heterocycles. The molecule has 0 spiro atoms. The fraction of sp³-hybridized carbons (Fsp3) is 0.200. The van der Waals surface area contributed by atoms with Crippen molar-refractivity contribution in [3.63, 3.8) is 0 Å². The van der Waals surface area contributed by atoms with E-state index < -0.39 is 17.9 Å². The Morgan fingerprint density at radius 1 is 1.12 bits per heavy atom. The number of fused-ring (bicyclic) bond motifs is 3. The summed E-state index contributed by atoms with van der Waals surface area (Å²) in [5, 5.41) is 10.8. The zero-order valence-electron chi connectivity index (χ0n) is 13.8. The number of para-hydroxylation sites is 2. The first-order chi connectivity index (χ1) is 12.1. The molecule has 25 heavy (non-hydrogen) atoms. The number of benzene rings is 2. The minimum Gasteiger partial charge on any atom is -0.481 e. The molecule has 1 aromatic heterocycles. The molecule has 0 aliphatic carbocycles. The first-order valence-corrected chi connectivity index (χ1v) is 8.35. The minimum absolute atomic E-state index is 0.179. The van der Waals surface area contributed by atoms with Gasteiger partial charge in [0.2, 0.25) is 0 Å². The third-order valence-corrected chi connectivity index (χ3v) is 4.93. The second-order valence-electron chi connectivity index (χ2n) is 6.26. The summed E-state index contributed by atoms with van der Waals surface area (Å²) >= 11 is 0. The predicted octanol–water partition coefficient (Wildman–Crippen LogP) is 3.78. The zero-order valence-corrected chi connectivity index (χ0v) is 13.8. The van der Waals surface area contributed by atoms with E-state index in [2.05, 4.69) is 4.98 Å². The maximum atomic E-state index is 13.2. The van der Waals surface area contributed by atoms with E-state index >= 15 is 0 Å². The van der Waals surface area contributed by atoms with Crippen molar-refractivity contribution in [3.05, 3.63) is 65.9 Å². The number of nitrogens with one attached hydrogen (secondary N) is 1. The van der Waals surface area contributed by atoms with Crippen LogP contribution in [0.3, 0.4) is 0 Å². The number of anilines is 1. The molecule has 0 fully saturated rings. The molecule has 1 aliphatic rings. The zero-order chi connectivity index (χ0) is 17.6. The van der Waals surface area contributed by atoms with Gasteiger partial charge in [0.25, 0.3) is 5.91 Å². The second kappa shape index (κ2) is 5.77. The number of carbonyl (C=O) groups excluding carboxylic acids is 1. The van der Waals surface area contributed by atoms with Gasteiger partial charge in [0.1, 0.15) is 11.6 Å². The average Bonchev–Trinajstić information content (AvgIpc) is 3.01. The van der Waals surface area contributed by atoms with E-state index in [0.29, 0.717) is 17.7 Å². The van der Waals surface area contributed by atoms with Crippen molar-refractivity contribution in [3.8, 4) is 0 Å². The largest absolute Gasteiger partial charge is 0.481 e. The lowest BCUT2D eigenvalue weighted by molar-refractivity contribution is -0.139. The number of hydrogen-bond donors (Lipinski definition) is 2. The van der Waals surface area contributed by atoms with Crippen LogP contribution in [0.15, 0.2) is 54.6 Å². The first kappa shape index (κ1) is 15.4. The Kier molecular flexibility index (Phi) is 3.57. The van der Waals surface area contributed by atoms with Crippen molar-refractivity contribution in [2.24, 2.45) is 0 Å². The van der Waals surface area contributed by atoms with E-state index in [1.807, 2.05) is 61.5 Å². The Hall–Kier alpha value is -3.08. The van der Waals surface area contributed by atoms with Crippen LogP contribution in [0.25, 0.3) is 10.9 Å². The number of amides is 1. The molecule has 4 rings (SSSR count). The van der Waals surface area contributed by atoms with Gasteiger partial charge in [-0.1, -0.05) is 43.3 Å². The van der Waals surface area contributed by atoms with Crippen LogP contribution >= 0.6 is 0 Å². The Labute approximate surface area is 144 Å². The van der Waals surface area contributed by atoms with Crippen molar-refractivity contribution in [1.82, 2.24) is 4.98 Å². The van der Waals surface area contributed by atoms with E-state index in [1.54, 1.807) is 4.90 Å². The van der Waals surface area contributed by atoms with Crippen LogP contribution in [0.4, 0.5) is 5.69 Å². The van der Waals surface area contributed by atoms with Gasteiger partial charge in [-0.05, 0) is 24.6 Å². The smallest absolute Gasteiger partial charge is 0.313 e. The van der Waals surface area contributed by atoms with Gasteiger partial charge in [0.15, 0.2) is 0 Å². The molecule has 2 heterocycles. The molecule has 1 amide bonds. The SMILES string of the molecule is CCC1C(C(=O)O)c2c([nH]c3ccccc23)C(=O)N1c1ccccc1. The highest BCUT2D eigenvalue weighted by Crippen LogP contribution is 2.41. The van der Waals surface area contributed by atoms with Crippen LogP contribution in [-0.2, 0) is 4.79 Å². The van der Waals surface area contributed by atoms with E-state index in [1.165, 1.54) is 0 Å². The predicted molar refractivity (Wildman–Crippen MR) is 96.0 cm³/mol. The number of rotatable bonds is 3. The highest BCUT2D eigenvalue weighted by Gasteiger charge is 2.45. The average molecular weight is 334 g/mol. The first-order valence-electron chi connectivity index (χ1n) is 8.35. The molecule has 0 saturated heterocycles. The summed E-state index contributed by atoms with van der Waals surface area (Å²) in [7, 11) is 0. The van der Waals surface area contributed by atoms with Gasteiger partial charge in [-0.3, -0.25) is 9.59 Å². The lowest BCUT2D eigenvalue weighted by Crippen LogP contribution is -2.50. The normalized spacial score (nSPS) is 19.9. The second-order valence-corrected chi connectivity index (χ2v) is 6.26. The van der Waals surface area contributed by atoms with E-state index in [9.17, 15) is 14.7 Å². The lowest BCUT2D eigenvalue weighted by atomic mass is 9.83. The molecule has 5 nitrogen and oxygen atoms in total. The van der Waals surface area contributed by atoms with Crippen molar-refractivity contribution in [2.75, 3.05) is 4.90 Å². The number of aromatic nitrogens is 1. The minimum atomic E-state index is -0.911. The number of carbonyl (C=O) groups is 2. The van der Waals surface area contributed by atoms with Gasteiger partial charge in [-0.25, -0.2) is 0 Å². The molecular weight excluding hydrogens is 316 g/mol. The number of aliphatic carboxylic acids is 1. The van der Waals surface area contributed by atoms with Crippen molar-refractivity contribution >= 4 is 28.5 Å². The highest BCUT2D eigenvalue weighted by atomic mass is 16.4. The number of H-pyrrole nitrogens is 1. The number of aromatic amines is 1. The van der Waals surface area contributed by atoms with Crippen molar-refractivity contribution < 1.29 is 14.7 Å². The summed E-state index contributed by atoms with van der Waals surface area (Å²) < 4.78 is 0. The molecule has 126 valence electrons. The van der Waals surface area contributed by atoms with E-state index in [0.717, 1.165) is 16.6 Å². The summed E-state index contributed by atoms with van der Waals surface area (Å²) in [5.74, 6) is -1.86. The van der Waals surface area contributed by atoms with Crippen LogP contribution < -0.4 is 4.90 Å². The number of carboxylic acid groups (broad SMARTS) is 1. The van der Waals surface area contributed by atoms with E-state index in [4.69, 9.17) is 0 Å². The summed E-state index contributed by atoms with van der Waals surface area (Å²) in [6.07, 6.45) is 0.552. The monoisotopic (exact) mass is 334 g/mol. The van der Waals surface area contributed by atoms with Crippen LogP contribution in [0.2, 0.25) is 0 Å². The molecule has 2 atom stereocenters. The molecule has 0 bridgehead atoms. The van der Waals surface area contributed by atoms with Crippen molar-refractivity contribution in [1.29, 1.82) is 0 Å². The molecule has 2 N–H and O–H groups in total. The van der Waals surface area contributed by atoms with Crippen LogP contribution in [0.5, 0.6) is 0 Å². The standard InChI is InChI=1S/C20H18N2O3/c1-2-15-17(20(24)25)16-13-10-6-7-11-14(13)21-18(16)19(23)22(15)12-8-4-3-5-9-12/h3-11,15,17,21H,2H2,1H3,(H,24,25).